The summed E-state index contributed by atoms with van der Waals surface area (Å²) in [6.45, 7) is 0.631. The van der Waals surface area contributed by atoms with Gasteiger partial charge < -0.3 is 20.8 Å². The molecule has 1 aliphatic heterocycles. The molecular formula is C19H25N3O5S. The summed E-state index contributed by atoms with van der Waals surface area (Å²) in [6, 6.07) is 5.21. The van der Waals surface area contributed by atoms with Crippen LogP contribution in [-0.2, 0) is 9.59 Å². The van der Waals surface area contributed by atoms with E-state index < -0.39 is 23.9 Å². The number of rotatable bonds is 8. The lowest BCUT2D eigenvalue weighted by Gasteiger charge is -2.31. The molecule has 1 aromatic rings. The van der Waals surface area contributed by atoms with E-state index in [-0.39, 0.29) is 24.8 Å². The van der Waals surface area contributed by atoms with Gasteiger partial charge in [-0.25, -0.2) is 4.79 Å². The molecule has 1 heterocycles. The highest BCUT2D eigenvalue weighted by Gasteiger charge is 2.29. The molecule has 0 saturated carbocycles. The summed E-state index contributed by atoms with van der Waals surface area (Å²) in [5.41, 5.74) is 1.01. The molecule has 0 aromatic heterocycles. The van der Waals surface area contributed by atoms with Crippen molar-refractivity contribution in [3.8, 4) is 0 Å². The van der Waals surface area contributed by atoms with E-state index in [1.165, 1.54) is 11.8 Å². The van der Waals surface area contributed by atoms with Crippen molar-refractivity contribution in [2.24, 2.45) is 5.92 Å². The van der Waals surface area contributed by atoms with Gasteiger partial charge in [-0.1, -0.05) is 12.1 Å². The predicted molar refractivity (Wildman–Crippen MR) is 107 cm³/mol. The SMILES string of the molecule is CSC(=N)c1ccc(C(=O)NC(CC2CC(CC(=O)O)CCN2)C(=O)O)cc1. The lowest BCUT2D eigenvalue weighted by Crippen LogP contribution is -2.48. The van der Waals surface area contributed by atoms with Crippen molar-refractivity contribution in [2.45, 2.75) is 37.8 Å². The average Bonchev–Trinajstić information content (AvgIpc) is 2.66. The fraction of sp³-hybridized carbons (Fsp3) is 0.474. The molecule has 152 valence electrons. The summed E-state index contributed by atoms with van der Waals surface area (Å²) in [6.07, 6.45) is 3.36. The number of hydrogen-bond donors (Lipinski definition) is 5. The van der Waals surface area contributed by atoms with Crippen molar-refractivity contribution >= 4 is 34.7 Å². The number of thioether (sulfide) groups is 1. The summed E-state index contributed by atoms with van der Waals surface area (Å²) in [7, 11) is 0. The Morgan fingerprint density at radius 2 is 1.89 bits per heavy atom. The number of benzene rings is 1. The van der Waals surface area contributed by atoms with E-state index in [2.05, 4.69) is 10.6 Å². The molecule has 5 N–H and O–H groups in total. The van der Waals surface area contributed by atoms with Crippen LogP contribution < -0.4 is 10.6 Å². The summed E-state index contributed by atoms with van der Waals surface area (Å²) < 4.78 is 0. The lowest BCUT2D eigenvalue weighted by molar-refractivity contribution is -0.140. The minimum absolute atomic E-state index is 0.00759. The van der Waals surface area contributed by atoms with E-state index in [9.17, 15) is 19.5 Å². The first-order valence-electron chi connectivity index (χ1n) is 9.02. The molecule has 3 unspecified atom stereocenters. The molecule has 0 spiro atoms. The van der Waals surface area contributed by atoms with Crippen LogP contribution in [0.1, 0.15) is 41.6 Å². The van der Waals surface area contributed by atoms with Gasteiger partial charge >= 0.3 is 11.9 Å². The molecule has 28 heavy (non-hydrogen) atoms. The largest absolute Gasteiger partial charge is 0.481 e. The molecule has 1 aliphatic rings. The van der Waals surface area contributed by atoms with E-state index in [1.807, 2.05) is 0 Å². The van der Waals surface area contributed by atoms with Gasteiger partial charge in [-0.3, -0.25) is 15.0 Å². The van der Waals surface area contributed by atoms with Gasteiger partial charge in [0, 0.05) is 23.6 Å². The summed E-state index contributed by atoms with van der Waals surface area (Å²) in [5, 5.41) is 32.4. The lowest BCUT2D eigenvalue weighted by atomic mass is 9.87. The predicted octanol–water partition coefficient (Wildman–Crippen LogP) is 1.79. The van der Waals surface area contributed by atoms with Gasteiger partial charge in [-0.05, 0) is 50.1 Å². The van der Waals surface area contributed by atoms with Crippen LogP contribution in [0.5, 0.6) is 0 Å². The zero-order valence-electron chi connectivity index (χ0n) is 15.6. The highest BCUT2D eigenvalue weighted by atomic mass is 32.2. The smallest absolute Gasteiger partial charge is 0.326 e. The number of amides is 1. The van der Waals surface area contributed by atoms with Crippen molar-refractivity contribution in [1.29, 1.82) is 5.41 Å². The molecule has 1 saturated heterocycles. The minimum atomic E-state index is -1.13. The number of carbonyl (C=O) groups is 3. The van der Waals surface area contributed by atoms with Gasteiger partial charge in [0.1, 0.15) is 6.04 Å². The van der Waals surface area contributed by atoms with Gasteiger partial charge in [-0.15, -0.1) is 11.8 Å². The number of nitrogens with one attached hydrogen (secondary N) is 3. The van der Waals surface area contributed by atoms with Gasteiger partial charge in [0.25, 0.3) is 5.91 Å². The normalized spacial score (nSPS) is 20.2. The standard InChI is InChI=1S/C19H25N3O5S/c1-28-17(20)12-2-4-13(5-3-12)18(25)22-15(19(26)27)10-14-8-11(6-7-21-14)9-16(23)24/h2-5,11,14-15,20-21H,6-10H2,1H3,(H,22,25)(H,23,24)(H,26,27). The molecule has 2 rings (SSSR count). The topological polar surface area (TPSA) is 140 Å². The third kappa shape index (κ3) is 6.35. The molecule has 0 radical (unpaired) electrons. The van der Waals surface area contributed by atoms with Crippen molar-refractivity contribution < 1.29 is 24.6 Å². The first-order chi connectivity index (χ1) is 13.3. The van der Waals surface area contributed by atoms with Crippen LogP contribution in [-0.4, -0.2) is 58.0 Å². The van der Waals surface area contributed by atoms with E-state index in [0.717, 1.165) is 6.42 Å². The zero-order valence-corrected chi connectivity index (χ0v) is 16.4. The van der Waals surface area contributed by atoms with E-state index in [1.54, 1.807) is 30.5 Å². The third-order valence-corrected chi connectivity index (χ3v) is 5.45. The highest BCUT2D eigenvalue weighted by Crippen LogP contribution is 2.22. The van der Waals surface area contributed by atoms with E-state index >= 15 is 0 Å². The van der Waals surface area contributed by atoms with Gasteiger partial charge in [0.15, 0.2) is 0 Å². The fourth-order valence-corrected chi connectivity index (χ4v) is 3.72. The Morgan fingerprint density at radius 1 is 1.25 bits per heavy atom. The molecule has 1 amide bonds. The van der Waals surface area contributed by atoms with Gasteiger partial charge in [-0.2, -0.15) is 0 Å². The Bertz CT molecular complexity index is 738. The Balaban J connectivity index is 1.98. The van der Waals surface area contributed by atoms with Crippen LogP contribution in [0.2, 0.25) is 0 Å². The average molecular weight is 407 g/mol. The van der Waals surface area contributed by atoms with Crippen molar-refractivity contribution in [1.82, 2.24) is 10.6 Å². The first-order valence-corrected chi connectivity index (χ1v) is 10.2. The Hall–Kier alpha value is -2.39. The van der Waals surface area contributed by atoms with E-state index in [4.69, 9.17) is 10.5 Å². The molecule has 3 atom stereocenters. The fourth-order valence-electron chi connectivity index (χ4n) is 3.35. The number of carbonyl (C=O) groups excluding carboxylic acids is 1. The summed E-state index contributed by atoms with van der Waals surface area (Å²) in [4.78, 5) is 35.0. The maximum atomic E-state index is 12.4. The van der Waals surface area contributed by atoms with Crippen LogP contribution in [0.25, 0.3) is 0 Å². The first kappa shape index (κ1) is 21.9. The van der Waals surface area contributed by atoms with Crippen LogP contribution >= 0.6 is 11.8 Å². The summed E-state index contributed by atoms with van der Waals surface area (Å²) >= 11 is 1.29. The molecule has 9 heteroatoms. The van der Waals surface area contributed by atoms with Crippen LogP contribution in [0, 0.1) is 11.3 Å². The Labute approximate surface area is 167 Å². The molecule has 1 aromatic carbocycles. The van der Waals surface area contributed by atoms with Crippen molar-refractivity contribution in [3.63, 3.8) is 0 Å². The Kier molecular flexibility index (Phi) is 8.01. The number of aliphatic carboxylic acids is 2. The van der Waals surface area contributed by atoms with Crippen LogP contribution in [0.15, 0.2) is 24.3 Å². The molecule has 1 fully saturated rings. The van der Waals surface area contributed by atoms with Crippen LogP contribution in [0.4, 0.5) is 0 Å². The summed E-state index contributed by atoms with van der Waals surface area (Å²) in [5.74, 6) is -2.47. The van der Waals surface area contributed by atoms with E-state index in [0.29, 0.717) is 29.1 Å². The Morgan fingerprint density at radius 3 is 2.46 bits per heavy atom. The van der Waals surface area contributed by atoms with Crippen molar-refractivity contribution in [3.05, 3.63) is 35.4 Å². The molecular weight excluding hydrogens is 382 g/mol. The maximum Gasteiger partial charge on any atom is 0.326 e. The highest BCUT2D eigenvalue weighted by molar-refractivity contribution is 8.13. The van der Waals surface area contributed by atoms with Crippen molar-refractivity contribution in [2.75, 3.05) is 12.8 Å². The second kappa shape index (κ2) is 10.2. The molecule has 0 bridgehead atoms. The zero-order chi connectivity index (χ0) is 20.7. The van der Waals surface area contributed by atoms with Gasteiger partial charge in [0.05, 0.1) is 5.04 Å². The van der Waals surface area contributed by atoms with Gasteiger partial charge in [0.2, 0.25) is 0 Å². The third-order valence-electron chi connectivity index (χ3n) is 4.80. The van der Waals surface area contributed by atoms with Crippen LogP contribution in [0.3, 0.4) is 0 Å². The maximum absolute atomic E-state index is 12.4. The second-order valence-electron chi connectivity index (χ2n) is 6.85. The number of piperidine rings is 1. The monoisotopic (exact) mass is 407 g/mol. The minimum Gasteiger partial charge on any atom is -0.481 e. The second-order valence-corrected chi connectivity index (χ2v) is 7.67. The number of carboxylic acids is 2. The number of carboxylic acid groups (broad SMARTS) is 2. The quantitative estimate of drug-likeness (QED) is 0.327. The molecule has 0 aliphatic carbocycles. The number of hydrogen-bond acceptors (Lipinski definition) is 6. The molecule has 8 nitrogen and oxygen atoms in total.